The van der Waals surface area contributed by atoms with Crippen molar-refractivity contribution in [2.75, 3.05) is 27.9 Å². The van der Waals surface area contributed by atoms with Crippen LogP contribution in [0.2, 0.25) is 0 Å². The molecule has 6 fully saturated rings. The number of carbonyl (C=O) groups excluding carboxylic acids is 1. The molecule has 20 atom stereocenters. The maximum Gasteiger partial charge on any atom is 0.309 e. The lowest BCUT2D eigenvalue weighted by Crippen LogP contribution is -2.61. The second kappa shape index (κ2) is 16.6. The van der Waals surface area contributed by atoms with Crippen LogP contribution in [0.5, 0.6) is 0 Å². The first-order valence-corrected chi connectivity index (χ1v) is 21.0. The number of methoxy groups -OCH3 is 3. The minimum atomic E-state index is -1.13. The van der Waals surface area contributed by atoms with Gasteiger partial charge in [-0.05, 0) is 76.2 Å². The van der Waals surface area contributed by atoms with E-state index in [-0.39, 0.29) is 47.4 Å². The zero-order valence-corrected chi connectivity index (χ0v) is 34.6. The Bertz CT molecular complexity index is 1510. The highest BCUT2D eigenvalue weighted by Gasteiger charge is 2.58. The van der Waals surface area contributed by atoms with Gasteiger partial charge in [-0.1, -0.05) is 18.6 Å². The number of carbonyl (C=O) groups is 1. The molecule has 6 heterocycles. The molecule has 6 aliphatic heterocycles. The topological polar surface area (TPSA) is 168 Å². The van der Waals surface area contributed by atoms with Gasteiger partial charge < -0.3 is 67.1 Å². The number of hydrogen-bond acceptors (Lipinski definition) is 15. The molecular formula is C42H64O15. The number of ether oxygens (including phenoxy) is 12. The summed E-state index contributed by atoms with van der Waals surface area (Å²) in [6.45, 7) is 10.2. The van der Waals surface area contributed by atoms with Crippen molar-refractivity contribution in [3.63, 3.8) is 0 Å². The fourth-order valence-corrected chi connectivity index (χ4v) is 11.3. The van der Waals surface area contributed by atoms with Crippen LogP contribution in [0.4, 0.5) is 0 Å². The molecule has 2 aliphatic carbocycles. The second-order valence-electron chi connectivity index (χ2n) is 17.9. The second-order valence-corrected chi connectivity index (χ2v) is 17.9. The molecule has 0 radical (unpaired) electrons. The van der Waals surface area contributed by atoms with E-state index in [0.717, 1.165) is 25.7 Å². The van der Waals surface area contributed by atoms with E-state index < -0.39 is 79.6 Å². The largest absolute Gasteiger partial charge is 0.469 e. The first kappa shape index (κ1) is 42.0. The van der Waals surface area contributed by atoms with Gasteiger partial charge in [0.05, 0.1) is 61.3 Å². The summed E-state index contributed by atoms with van der Waals surface area (Å²) < 4.78 is 73.4. The summed E-state index contributed by atoms with van der Waals surface area (Å²) in [6.07, 6.45) is 0.723. The van der Waals surface area contributed by atoms with Gasteiger partial charge in [0.1, 0.15) is 36.6 Å². The molecule has 5 saturated heterocycles. The van der Waals surface area contributed by atoms with Gasteiger partial charge in [-0.15, -0.1) is 0 Å². The van der Waals surface area contributed by atoms with Gasteiger partial charge in [0, 0.05) is 41.1 Å². The van der Waals surface area contributed by atoms with Crippen molar-refractivity contribution in [1.29, 1.82) is 0 Å². The summed E-state index contributed by atoms with van der Waals surface area (Å²) in [5.74, 6) is -1.07. The number of allylic oxidation sites excluding steroid dienone is 1. The highest BCUT2D eigenvalue weighted by Crippen LogP contribution is 2.57. The van der Waals surface area contributed by atoms with Gasteiger partial charge in [0.25, 0.3) is 0 Å². The zero-order valence-electron chi connectivity index (χ0n) is 34.6. The van der Waals surface area contributed by atoms with Crippen molar-refractivity contribution in [2.45, 2.75) is 184 Å². The van der Waals surface area contributed by atoms with Gasteiger partial charge in [-0.2, -0.15) is 0 Å². The monoisotopic (exact) mass is 808 g/mol. The quantitative estimate of drug-likeness (QED) is 0.256. The van der Waals surface area contributed by atoms with Crippen LogP contribution in [-0.4, -0.2) is 142 Å². The lowest BCUT2D eigenvalue weighted by molar-refractivity contribution is -0.353. The molecule has 15 heteroatoms. The van der Waals surface area contributed by atoms with E-state index in [2.05, 4.69) is 13.0 Å². The third-order valence-corrected chi connectivity index (χ3v) is 14.6. The molecule has 0 spiro atoms. The van der Waals surface area contributed by atoms with Gasteiger partial charge >= 0.3 is 5.97 Å². The molecular weight excluding hydrogens is 744 g/mol. The predicted molar refractivity (Wildman–Crippen MR) is 199 cm³/mol. The Hall–Kier alpha value is -1.73. The van der Waals surface area contributed by atoms with E-state index in [1.54, 1.807) is 28.3 Å². The van der Waals surface area contributed by atoms with Crippen molar-refractivity contribution in [3.05, 3.63) is 23.5 Å². The van der Waals surface area contributed by atoms with Crippen molar-refractivity contribution in [2.24, 2.45) is 23.2 Å². The molecule has 0 unspecified atom stereocenters. The molecule has 8 aliphatic rings. The maximum atomic E-state index is 13.7. The Labute approximate surface area is 335 Å². The summed E-state index contributed by atoms with van der Waals surface area (Å²) in [6, 6.07) is 0. The van der Waals surface area contributed by atoms with E-state index in [4.69, 9.17) is 56.8 Å². The summed E-state index contributed by atoms with van der Waals surface area (Å²) in [4.78, 5) is 13.7. The minimum absolute atomic E-state index is 0.0721. The fraction of sp³-hybridized carbons (Fsp3) is 0.881. The number of aliphatic hydroxyl groups is 2. The number of esters is 1. The molecule has 15 nitrogen and oxygen atoms in total. The average Bonchev–Trinajstić information content (AvgIpc) is 3.70. The van der Waals surface area contributed by atoms with Crippen LogP contribution in [-0.2, 0) is 61.6 Å². The molecule has 57 heavy (non-hydrogen) atoms. The van der Waals surface area contributed by atoms with Gasteiger partial charge in [0.2, 0.25) is 5.79 Å². The van der Waals surface area contributed by atoms with E-state index in [1.165, 1.54) is 11.1 Å². The third-order valence-electron chi connectivity index (χ3n) is 14.6. The summed E-state index contributed by atoms with van der Waals surface area (Å²) in [5, 5.41) is 22.0. The molecule has 1 saturated carbocycles. The number of fused-ring (bicyclic) bond motifs is 3. The van der Waals surface area contributed by atoms with Crippen LogP contribution in [0.3, 0.4) is 0 Å². The SMILES string of the molecule is CO[C@@H]1[C@@H](O)[C@H](O[C@H]2CC[C@@]3(C)C(=CC[C@@H]4C(=O)O[C@@H]5CO[C@]6(C)OC=C(CC[C@@H]43)[C@H]56)C2)O[C@H](C)[C@H]1O[C@H]1C[C@H](OC)[C@@H](O[C@H]2C[C@H](OC)[C@H](O)[C@@H](C)O2)[C@H](C)O1. The summed E-state index contributed by atoms with van der Waals surface area (Å²) >= 11 is 0. The van der Waals surface area contributed by atoms with Crippen molar-refractivity contribution in [3.8, 4) is 0 Å². The number of hydrogen-bond donors (Lipinski definition) is 2. The van der Waals surface area contributed by atoms with E-state index >= 15 is 0 Å². The molecule has 0 bridgehead atoms. The molecule has 0 aromatic carbocycles. The number of rotatable bonds is 9. The molecule has 8 rings (SSSR count). The van der Waals surface area contributed by atoms with Crippen molar-refractivity contribution >= 4 is 5.97 Å². The lowest BCUT2D eigenvalue weighted by atomic mass is 9.55. The maximum absolute atomic E-state index is 13.7. The minimum Gasteiger partial charge on any atom is -0.469 e. The van der Waals surface area contributed by atoms with Crippen LogP contribution < -0.4 is 0 Å². The summed E-state index contributed by atoms with van der Waals surface area (Å²) in [7, 11) is 4.74. The van der Waals surface area contributed by atoms with Crippen LogP contribution in [0.25, 0.3) is 0 Å². The Morgan fingerprint density at radius 2 is 1.51 bits per heavy atom. The zero-order chi connectivity index (χ0) is 40.4. The highest BCUT2D eigenvalue weighted by molar-refractivity contribution is 5.74. The standard InChI is InChI=1S/C42H64O15/c1-20-34(43)28(46-6)16-31(51-20)56-36-21(2)52-32(17-29(36)47-7)57-37-22(3)53-40(35(44)38(37)48-8)54-25-13-14-41(4)24(15-25)10-11-26-27(41)12-9-23-18-49-42(5)33(23)30(19-50-42)55-39(26)45/h10,18,20-22,25-38,40,43-44H,9,11-17,19H2,1-8H3/t20-,21+,22-,25+,26+,27+,28+,29+,30-,31+,32+,33-,34-,35-,36+,37-,38-,40+,41+,42+/m1/s1. The third kappa shape index (κ3) is 7.76. The van der Waals surface area contributed by atoms with E-state index in [9.17, 15) is 15.0 Å². The summed E-state index contributed by atoms with van der Waals surface area (Å²) in [5.41, 5.74) is 2.27. The van der Waals surface area contributed by atoms with Crippen LogP contribution in [0, 0.1) is 23.2 Å². The molecule has 0 aromatic heterocycles. The van der Waals surface area contributed by atoms with Crippen LogP contribution in [0.1, 0.15) is 86.0 Å². The van der Waals surface area contributed by atoms with Crippen LogP contribution >= 0.6 is 0 Å². The molecule has 322 valence electrons. The highest BCUT2D eigenvalue weighted by atomic mass is 16.8. The van der Waals surface area contributed by atoms with Gasteiger partial charge in [0.15, 0.2) is 18.9 Å². The Morgan fingerprint density at radius 1 is 0.807 bits per heavy atom. The van der Waals surface area contributed by atoms with E-state index in [1.807, 2.05) is 27.0 Å². The van der Waals surface area contributed by atoms with Gasteiger partial charge in [-0.3, -0.25) is 4.79 Å². The first-order chi connectivity index (χ1) is 27.3. The molecule has 0 amide bonds. The smallest absolute Gasteiger partial charge is 0.309 e. The first-order valence-electron chi connectivity index (χ1n) is 21.0. The fourth-order valence-electron chi connectivity index (χ4n) is 11.3. The predicted octanol–water partition coefficient (Wildman–Crippen LogP) is 3.66. The van der Waals surface area contributed by atoms with Gasteiger partial charge in [-0.25, -0.2) is 0 Å². The van der Waals surface area contributed by atoms with Crippen LogP contribution in [0.15, 0.2) is 23.5 Å². The Kier molecular flexibility index (Phi) is 12.2. The molecule has 0 aromatic rings. The normalized spacial score (nSPS) is 51.2. The van der Waals surface area contributed by atoms with Crippen molar-refractivity contribution in [1.82, 2.24) is 0 Å². The lowest BCUT2D eigenvalue weighted by Gasteiger charge is -2.51. The molecule has 2 N–H and O–H groups in total. The average molecular weight is 809 g/mol. The number of aliphatic hydroxyl groups excluding tert-OH is 2. The van der Waals surface area contributed by atoms with Crippen molar-refractivity contribution < 1.29 is 71.8 Å². The van der Waals surface area contributed by atoms with E-state index in [0.29, 0.717) is 32.3 Å². The Balaban J connectivity index is 0.877. The Morgan fingerprint density at radius 3 is 2.25 bits per heavy atom.